The van der Waals surface area contributed by atoms with E-state index in [0.29, 0.717) is 13.2 Å². The maximum Gasteiger partial charge on any atom is 0.170 e. The number of nitrogens with one attached hydrogen (secondary N) is 1. The Hall–Kier alpha value is -2.90. The molecule has 1 fully saturated rings. The third-order valence-electron chi connectivity index (χ3n) is 5.41. The van der Waals surface area contributed by atoms with Gasteiger partial charge in [0.15, 0.2) is 5.11 Å². The molecule has 156 valence electrons. The van der Waals surface area contributed by atoms with Crippen LogP contribution >= 0.6 is 12.2 Å². The molecule has 30 heavy (non-hydrogen) atoms. The highest BCUT2D eigenvalue weighted by Gasteiger charge is 2.41. The van der Waals surface area contributed by atoms with E-state index in [9.17, 15) is 0 Å². The fraction of sp³-hybridized carbons (Fsp3) is 0.304. The summed E-state index contributed by atoms with van der Waals surface area (Å²) in [4.78, 5) is 6.86. The van der Waals surface area contributed by atoms with Crippen LogP contribution in [-0.2, 0) is 17.8 Å². The molecular formula is C23H26N4O2S. The molecule has 3 aromatic rings. The molecule has 4 rings (SSSR count). The molecule has 1 saturated heterocycles. The Labute approximate surface area is 182 Å². The quantitative estimate of drug-likeness (QED) is 0.559. The maximum atomic E-state index is 5.78. The molecule has 0 radical (unpaired) electrons. The molecule has 1 N–H and O–H groups in total. The second-order valence-electron chi connectivity index (χ2n) is 7.22. The van der Waals surface area contributed by atoms with E-state index in [4.69, 9.17) is 21.7 Å². The number of ether oxygens (including phenoxy) is 2. The van der Waals surface area contributed by atoms with Crippen LogP contribution in [0.4, 0.5) is 0 Å². The van der Waals surface area contributed by atoms with Gasteiger partial charge in [0, 0.05) is 38.3 Å². The largest absolute Gasteiger partial charge is 0.497 e. The summed E-state index contributed by atoms with van der Waals surface area (Å²) in [5, 5.41) is 4.24. The zero-order valence-corrected chi connectivity index (χ0v) is 18.0. The second-order valence-corrected chi connectivity index (χ2v) is 7.61. The van der Waals surface area contributed by atoms with Crippen LogP contribution < -0.4 is 10.1 Å². The molecular weight excluding hydrogens is 396 g/mol. The van der Waals surface area contributed by atoms with Gasteiger partial charge >= 0.3 is 0 Å². The van der Waals surface area contributed by atoms with Gasteiger partial charge in [0.25, 0.3) is 0 Å². The van der Waals surface area contributed by atoms with Crippen molar-refractivity contribution in [1.82, 2.24) is 19.8 Å². The molecule has 0 saturated carbocycles. The Morgan fingerprint density at radius 1 is 1.07 bits per heavy atom. The van der Waals surface area contributed by atoms with Gasteiger partial charge in [-0.1, -0.05) is 18.2 Å². The van der Waals surface area contributed by atoms with E-state index in [-0.39, 0.29) is 12.1 Å². The lowest BCUT2D eigenvalue weighted by Gasteiger charge is -2.29. The molecule has 2 unspecified atom stereocenters. The molecule has 2 atom stereocenters. The van der Waals surface area contributed by atoms with Crippen molar-refractivity contribution in [3.05, 3.63) is 83.9 Å². The fourth-order valence-electron chi connectivity index (χ4n) is 3.91. The molecule has 0 aliphatic carbocycles. The number of hydrogen-bond acceptors (Lipinski definition) is 4. The van der Waals surface area contributed by atoms with E-state index in [1.54, 1.807) is 14.2 Å². The summed E-state index contributed by atoms with van der Waals surface area (Å²) in [6, 6.07) is 18.3. The molecule has 0 bridgehead atoms. The second kappa shape index (κ2) is 9.28. The minimum atomic E-state index is -0.0341. The normalized spacial score (nSPS) is 18.5. The molecule has 6 nitrogen and oxygen atoms in total. The zero-order chi connectivity index (χ0) is 20.9. The molecule has 7 heteroatoms. The van der Waals surface area contributed by atoms with Gasteiger partial charge in [-0.25, -0.2) is 0 Å². The predicted octanol–water partition coefficient (Wildman–Crippen LogP) is 3.71. The Bertz CT molecular complexity index is 974. The third kappa shape index (κ3) is 4.17. The van der Waals surface area contributed by atoms with Crippen LogP contribution in [0, 0.1) is 0 Å². The average Bonchev–Trinajstić information content (AvgIpc) is 3.37. The minimum Gasteiger partial charge on any atom is -0.497 e. The van der Waals surface area contributed by atoms with Crippen molar-refractivity contribution in [2.75, 3.05) is 20.8 Å². The van der Waals surface area contributed by atoms with E-state index in [1.807, 2.05) is 36.5 Å². The summed E-state index contributed by atoms with van der Waals surface area (Å²) in [6.45, 7) is 2.13. The van der Waals surface area contributed by atoms with Crippen LogP contribution in [0.25, 0.3) is 0 Å². The third-order valence-corrected chi connectivity index (χ3v) is 5.77. The standard InChI is InChI=1S/C23H26N4O2S/c1-28-15-14-26-13-5-7-20(26)22-21(19-6-3-4-12-24-19)25-23(30)27(22)16-17-8-10-18(29-2)11-9-17/h3-13,21-22H,14-16H2,1-2H3,(H,25,30). The molecule has 1 aliphatic heterocycles. The van der Waals surface area contributed by atoms with Crippen LogP contribution in [0.1, 0.15) is 29.0 Å². The number of hydrogen-bond donors (Lipinski definition) is 1. The van der Waals surface area contributed by atoms with Gasteiger partial charge < -0.3 is 24.3 Å². The SMILES string of the molecule is COCCn1cccc1C1C(c2ccccn2)NC(=S)N1Cc1ccc(OC)cc1. The molecule has 0 spiro atoms. The summed E-state index contributed by atoms with van der Waals surface area (Å²) >= 11 is 5.78. The molecule has 3 heterocycles. The van der Waals surface area contributed by atoms with Crippen molar-refractivity contribution in [2.45, 2.75) is 25.2 Å². The number of aromatic nitrogens is 2. The molecule has 1 aromatic carbocycles. The van der Waals surface area contributed by atoms with Crippen LogP contribution in [-0.4, -0.2) is 40.4 Å². The smallest absolute Gasteiger partial charge is 0.170 e. The lowest BCUT2D eigenvalue weighted by Crippen LogP contribution is -2.30. The molecule has 1 aliphatic rings. The van der Waals surface area contributed by atoms with Gasteiger partial charge in [0.2, 0.25) is 0 Å². The maximum absolute atomic E-state index is 5.78. The predicted molar refractivity (Wildman–Crippen MR) is 120 cm³/mol. The number of pyridine rings is 1. The van der Waals surface area contributed by atoms with Gasteiger partial charge in [0.1, 0.15) is 5.75 Å². The summed E-state index contributed by atoms with van der Waals surface area (Å²) in [7, 11) is 3.40. The Kier molecular flexibility index (Phi) is 6.30. The Morgan fingerprint density at radius 2 is 1.90 bits per heavy atom. The first-order valence-corrected chi connectivity index (χ1v) is 10.4. The lowest BCUT2D eigenvalue weighted by molar-refractivity contribution is 0.183. The van der Waals surface area contributed by atoms with Crippen molar-refractivity contribution < 1.29 is 9.47 Å². The van der Waals surface area contributed by atoms with Crippen LogP contribution in [0.15, 0.2) is 67.0 Å². The van der Waals surface area contributed by atoms with Crippen LogP contribution in [0.5, 0.6) is 5.75 Å². The van der Waals surface area contributed by atoms with Gasteiger partial charge in [-0.15, -0.1) is 0 Å². The van der Waals surface area contributed by atoms with E-state index in [1.165, 1.54) is 11.3 Å². The van der Waals surface area contributed by atoms with Crippen molar-refractivity contribution >= 4 is 17.3 Å². The highest BCUT2D eigenvalue weighted by Crippen LogP contribution is 2.39. The van der Waals surface area contributed by atoms with E-state index >= 15 is 0 Å². The van der Waals surface area contributed by atoms with E-state index in [0.717, 1.165) is 23.1 Å². The van der Waals surface area contributed by atoms with Crippen molar-refractivity contribution in [3.63, 3.8) is 0 Å². The number of benzene rings is 1. The van der Waals surface area contributed by atoms with Gasteiger partial charge in [-0.2, -0.15) is 0 Å². The number of nitrogens with zero attached hydrogens (tertiary/aromatic N) is 3. The Morgan fingerprint density at radius 3 is 2.60 bits per heavy atom. The van der Waals surface area contributed by atoms with Crippen molar-refractivity contribution in [1.29, 1.82) is 0 Å². The summed E-state index contributed by atoms with van der Waals surface area (Å²) in [5.74, 6) is 0.845. The van der Waals surface area contributed by atoms with Gasteiger partial charge in [-0.05, 0) is 54.2 Å². The first kappa shape index (κ1) is 20.4. The number of rotatable bonds is 8. The number of methoxy groups -OCH3 is 2. The van der Waals surface area contributed by atoms with Crippen molar-refractivity contribution in [2.24, 2.45) is 0 Å². The first-order valence-electron chi connectivity index (χ1n) is 9.96. The lowest BCUT2D eigenvalue weighted by atomic mass is 10.0. The Balaban J connectivity index is 1.69. The zero-order valence-electron chi connectivity index (χ0n) is 17.2. The minimum absolute atomic E-state index is 0.0151. The highest BCUT2D eigenvalue weighted by molar-refractivity contribution is 7.80. The molecule has 0 amide bonds. The number of thiocarbonyl (C=S) groups is 1. The van der Waals surface area contributed by atoms with Gasteiger partial charge in [-0.3, -0.25) is 4.98 Å². The van der Waals surface area contributed by atoms with Crippen molar-refractivity contribution in [3.8, 4) is 5.75 Å². The monoisotopic (exact) mass is 422 g/mol. The topological polar surface area (TPSA) is 51.5 Å². The summed E-state index contributed by atoms with van der Waals surface area (Å²) in [5.41, 5.74) is 3.33. The van der Waals surface area contributed by atoms with E-state index in [2.05, 4.69) is 50.2 Å². The summed E-state index contributed by atoms with van der Waals surface area (Å²) in [6.07, 6.45) is 3.92. The van der Waals surface area contributed by atoms with Gasteiger partial charge in [0.05, 0.1) is 31.5 Å². The van der Waals surface area contributed by atoms with Crippen LogP contribution in [0.2, 0.25) is 0 Å². The van der Waals surface area contributed by atoms with Crippen LogP contribution in [0.3, 0.4) is 0 Å². The fourth-order valence-corrected chi connectivity index (χ4v) is 4.22. The highest BCUT2D eigenvalue weighted by atomic mass is 32.1. The average molecular weight is 423 g/mol. The van der Waals surface area contributed by atoms with E-state index < -0.39 is 0 Å². The molecule has 2 aromatic heterocycles. The first-order chi connectivity index (χ1) is 14.7. The summed E-state index contributed by atoms with van der Waals surface area (Å²) < 4.78 is 12.8.